The molecular weight excluding hydrogens is 138 g/mol. The van der Waals surface area contributed by atoms with Crippen LogP contribution < -0.4 is 5.73 Å². The Labute approximate surface area is 68.8 Å². The van der Waals surface area contributed by atoms with Gasteiger partial charge in [-0.2, -0.15) is 0 Å². The molecule has 0 spiro atoms. The molecule has 1 saturated carbocycles. The van der Waals surface area contributed by atoms with Crippen molar-refractivity contribution in [3.63, 3.8) is 0 Å². The highest BCUT2D eigenvalue weighted by molar-refractivity contribution is 4.98. The zero-order valence-corrected chi connectivity index (χ0v) is 7.56. The summed E-state index contributed by atoms with van der Waals surface area (Å²) < 4.78 is 0. The minimum Gasteiger partial charge on any atom is -0.388 e. The molecule has 0 radical (unpaired) electrons. The van der Waals surface area contributed by atoms with Crippen LogP contribution in [-0.2, 0) is 0 Å². The van der Waals surface area contributed by atoms with Crippen LogP contribution in [0.2, 0.25) is 0 Å². The van der Waals surface area contributed by atoms with Crippen LogP contribution in [0.25, 0.3) is 0 Å². The van der Waals surface area contributed by atoms with Gasteiger partial charge in [0.25, 0.3) is 0 Å². The normalized spacial score (nSPS) is 25.1. The summed E-state index contributed by atoms with van der Waals surface area (Å²) in [7, 11) is 0. The molecule has 0 bridgehead atoms. The average Bonchev–Trinajstić information content (AvgIpc) is 1.87. The number of hydrogen-bond donors (Lipinski definition) is 2. The predicted molar refractivity (Wildman–Crippen MR) is 46.3 cm³/mol. The van der Waals surface area contributed by atoms with Crippen molar-refractivity contribution in [2.45, 2.75) is 57.1 Å². The molecular formula is C9H19NO. The quantitative estimate of drug-likeness (QED) is 0.604. The molecule has 0 amide bonds. The van der Waals surface area contributed by atoms with Crippen LogP contribution in [0, 0.1) is 0 Å². The van der Waals surface area contributed by atoms with E-state index in [4.69, 9.17) is 5.73 Å². The van der Waals surface area contributed by atoms with E-state index in [0.29, 0.717) is 0 Å². The summed E-state index contributed by atoms with van der Waals surface area (Å²) in [6.07, 6.45) is 5.24. The van der Waals surface area contributed by atoms with Crippen LogP contribution in [0.3, 0.4) is 0 Å². The monoisotopic (exact) mass is 157 g/mol. The fourth-order valence-electron chi connectivity index (χ4n) is 1.78. The molecule has 2 nitrogen and oxygen atoms in total. The number of hydrogen-bond acceptors (Lipinski definition) is 2. The van der Waals surface area contributed by atoms with Crippen molar-refractivity contribution in [3.05, 3.63) is 0 Å². The Morgan fingerprint density at radius 1 is 1.18 bits per heavy atom. The Morgan fingerprint density at radius 2 is 1.64 bits per heavy atom. The maximum absolute atomic E-state index is 10.1. The largest absolute Gasteiger partial charge is 0.388 e. The van der Waals surface area contributed by atoms with E-state index in [1.54, 1.807) is 0 Å². The van der Waals surface area contributed by atoms with Gasteiger partial charge >= 0.3 is 0 Å². The second-order valence-electron chi connectivity index (χ2n) is 4.31. The first-order chi connectivity index (χ1) is 4.96. The summed E-state index contributed by atoms with van der Waals surface area (Å²) in [5.41, 5.74) is 4.85. The molecule has 0 aromatic rings. The molecule has 0 aromatic heterocycles. The van der Waals surface area contributed by atoms with E-state index in [2.05, 4.69) is 0 Å². The van der Waals surface area contributed by atoms with Crippen molar-refractivity contribution in [1.82, 2.24) is 0 Å². The molecule has 3 N–H and O–H groups in total. The second kappa shape index (κ2) is 2.76. The maximum Gasteiger partial charge on any atom is 0.0820 e. The Morgan fingerprint density at radius 3 is 1.91 bits per heavy atom. The average molecular weight is 157 g/mol. The second-order valence-corrected chi connectivity index (χ2v) is 4.31. The lowest BCUT2D eigenvalue weighted by Gasteiger charge is -2.42. The minimum absolute atomic E-state index is 0.437. The van der Waals surface area contributed by atoms with Gasteiger partial charge in [0.2, 0.25) is 0 Å². The first-order valence-electron chi connectivity index (χ1n) is 4.47. The molecule has 11 heavy (non-hydrogen) atoms. The summed E-state index contributed by atoms with van der Waals surface area (Å²) in [5, 5.41) is 10.1. The zero-order chi connectivity index (χ0) is 8.54. The lowest BCUT2D eigenvalue weighted by atomic mass is 9.73. The summed E-state index contributed by atoms with van der Waals surface area (Å²) in [5.74, 6) is 0. The van der Waals surface area contributed by atoms with Crippen molar-refractivity contribution in [2.24, 2.45) is 5.73 Å². The van der Waals surface area contributed by atoms with Crippen LogP contribution in [0.5, 0.6) is 0 Å². The van der Waals surface area contributed by atoms with Crippen LogP contribution in [0.15, 0.2) is 0 Å². The highest BCUT2D eigenvalue weighted by Gasteiger charge is 2.40. The predicted octanol–water partition coefficient (Wildman–Crippen LogP) is 1.42. The highest BCUT2D eigenvalue weighted by atomic mass is 16.3. The number of aliphatic hydroxyl groups is 1. The van der Waals surface area contributed by atoms with Gasteiger partial charge in [-0.05, 0) is 26.7 Å². The van der Waals surface area contributed by atoms with E-state index < -0.39 is 11.1 Å². The van der Waals surface area contributed by atoms with Crippen molar-refractivity contribution in [2.75, 3.05) is 0 Å². The van der Waals surface area contributed by atoms with Crippen LogP contribution in [0.1, 0.15) is 46.0 Å². The summed E-state index contributed by atoms with van der Waals surface area (Å²) >= 11 is 0. The van der Waals surface area contributed by atoms with Crippen molar-refractivity contribution >= 4 is 0 Å². The minimum atomic E-state index is -0.606. The van der Waals surface area contributed by atoms with Crippen LogP contribution in [0.4, 0.5) is 0 Å². The topological polar surface area (TPSA) is 46.2 Å². The molecule has 1 aliphatic carbocycles. The van der Waals surface area contributed by atoms with Gasteiger partial charge in [-0.1, -0.05) is 19.3 Å². The Kier molecular flexibility index (Phi) is 2.26. The zero-order valence-electron chi connectivity index (χ0n) is 7.56. The van der Waals surface area contributed by atoms with E-state index >= 15 is 0 Å². The summed E-state index contributed by atoms with van der Waals surface area (Å²) in [6, 6.07) is 0. The molecule has 0 atom stereocenters. The molecule has 0 unspecified atom stereocenters. The van der Waals surface area contributed by atoms with Crippen LogP contribution in [-0.4, -0.2) is 16.2 Å². The molecule has 0 saturated heterocycles. The Balaban J connectivity index is 2.64. The molecule has 0 aromatic carbocycles. The molecule has 1 fully saturated rings. The van der Waals surface area contributed by atoms with Crippen molar-refractivity contribution in [3.8, 4) is 0 Å². The summed E-state index contributed by atoms with van der Waals surface area (Å²) in [4.78, 5) is 0. The Bertz CT molecular complexity index is 131. The smallest absolute Gasteiger partial charge is 0.0820 e. The number of rotatable bonds is 1. The van der Waals surface area contributed by atoms with Gasteiger partial charge in [0.15, 0.2) is 0 Å². The SMILES string of the molecule is CC(C)(N)C1(O)CCCCC1. The van der Waals surface area contributed by atoms with Gasteiger partial charge in [-0.3, -0.25) is 0 Å². The lowest BCUT2D eigenvalue weighted by Crippen LogP contribution is -2.57. The Hall–Kier alpha value is -0.0800. The van der Waals surface area contributed by atoms with Gasteiger partial charge < -0.3 is 10.8 Å². The van der Waals surface area contributed by atoms with Crippen molar-refractivity contribution < 1.29 is 5.11 Å². The molecule has 0 heterocycles. The summed E-state index contributed by atoms with van der Waals surface area (Å²) in [6.45, 7) is 3.83. The molecule has 2 heteroatoms. The van der Waals surface area contributed by atoms with Gasteiger partial charge in [-0.25, -0.2) is 0 Å². The van der Waals surface area contributed by atoms with E-state index in [1.165, 1.54) is 6.42 Å². The number of nitrogens with two attached hydrogens (primary N) is 1. The van der Waals surface area contributed by atoms with Crippen molar-refractivity contribution in [1.29, 1.82) is 0 Å². The molecule has 1 aliphatic rings. The van der Waals surface area contributed by atoms with Gasteiger partial charge in [-0.15, -0.1) is 0 Å². The highest BCUT2D eigenvalue weighted by Crippen LogP contribution is 2.34. The lowest BCUT2D eigenvalue weighted by molar-refractivity contribution is -0.0512. The van der Waals surface area contributed by atoms with E-state index in [1.807, 2.05) is 13.8 Å². The van der Waals surface area contributed by atoms with E-state index in [0.717, 1.165) is 25.7 Å². The van der Waals surface area contributed by atoms with Gasteiger partial charge in [0.05, 0.1) is 5.60 Å². The van der Waals surface area contributed by atoms with Gasteiger partial charge in [0.1, 0.15) is 0 Å². The first kappa shape index (κ1) is 9.01. The third-order valence-corrected chi connectivity index (χ3v) is 2.88. The van der Waals surface area contributed by atoms with Gasteiger partial charge in [0, 0.05) is 5.54 Å². The van der Waals surface area contributed by atoms with E-state index in [-0.39, 0.29) is 0 Å². The standard InChI is InChI=1S/C9H19NO/c1-8(2,10)9(11)6-4-3-5-7-9/h11H,3-7,10H2,1-2H3. The third kappa shape index (κ3) is 1.74. The first-order valence-corrected chi connectivity index (χ1v) is 4.47. The maximum atomic E-state index is 10.1. The fraction of sp³-hybridized carbons (Fsp3) is 1.00. The molecule has 66 valence electrons. The van der Waals surface area contributed by atoms with E-state index in [9.17, 15) is 5.11 Å². The third-order valence-electron chi connectivity index (χ3n) is 2.88. The van der Waals surface area contributed by atoms with Crippen LogP contribution >= 0.6 is 0 Å². The fourth-order valence-corrected chi connectivity index (χ4v) is 1.78. The molecule has 0 aliphatic heterocycles. The molecule has 1 rings (SSSR count).